The van der Waals surface area contributed by atoms with Crippen LogP contribution in [-0.2, 0) is 19.1 Å². The molecule has 1 unspecified atom stereocenters. The van der Waals surface area contributed by atoms with Crippen molar-refractivity contribution in [2.75, 3.05) is 13.7 Å². The zero-order valence-electron chi connectivity index (χ0n) is 10.7. The third-order valence-corrected chi connectivity index (χ3v) is 2.34. The molecule has 0 saturated heterocycles. The van der Waals surface area contributed by atoms with Gasteiger partial charge in [0.25, 0.3) is 0 Å². The molecule has 0 aliphatic heterocycles. The molecule has 0 fully saturated rings. The summed E-state index contributed by atoms with van der Waals surface area (Å²) in [6.07, 6.45) is 4.27. The Hall–Kier alpha value is -1.16. The lowest BCUT2D eigenvalue weighted by molar-refractivity contribution is -0.154. The summed E-state index contributed by atoms with van der Waals surface area (Å²) in [5.41, 5.74) is 0. The molecule has 0 aromatic carbocycles. The van der Waals surface area contributed by atoms with Crippen LogP contribution in [0.1, 0.15) is 39.0 Å². The summed E-state index contributed by atoms with van der Waals surface area (Å²) in [6, 6.07) is 0. The van der Waals surface area contributed by atoms with Crippen LogP contribution in [0.4, 0.5) is 0 Å². The molecule has 0 aliphatic carbocycles. The average Bonchev–Trinajstić information content (AvgIpc) is 2.28. The molecule has 1 atom stereocenters. The molecule has 0 aliphatic rings. The van der Waals surface area contributed by atoms with Crippen LogP contribution < -0.4 is 0 Å². The lowest BCUT2D eigenvalue weighted by atomic mass is 10.1. The van der Waals surface area contributed by atoms with E-state index in [0.717, 1.165) is 19.3 Å². The van der Waals surface area contributed by atoms with Crippen molar-refractivity contribution in [2.45, 2.75) is 45.1 Å². The van der Waals surface area contributed by atoms with Crippen molar-refractivity contribution in [3.8, 4) is 0 Å². The first-order valence-corrected chi connectivity index (χ1v) is 5.91. The van der Waals surface area contributed by atoms with Crippen LogP contribution in [0.15, 0.2) is 12.7 Å². The number of esters is 1. The third kappa shape index (κ3) is 8.63. The SMILES string of the molecule is C=CCC(OC(=O)CCCCCOC)C(C)=O. The van der Waals surface area contributed by atoms with Gasteiger partial charge in [-0.1, -0.05) is 12.5 Å². The minimum Gasteiger partial charge on any atom is -0.454 e. The molecule has 0 heterocycles. The zero-order valence-corrected chi connectivity index (χ0v) is 10.7. The lowest BCUT2D eigenvalue weighted by Gasteiger charge is -2.12. The summed E-state index contributed by atoms with van der Waals surface area (Å²) < 4.78 is 9.97. The standard InChI is InChI=1S/C13H22O4/c1-4-8-12(11(2)14)17-13(15)9-6-5-7-10-16-3/h4,12H,1,5-10H2,2-3H3. The molecule has 4 nitrogen and oxygen atoms in total. The molecule has 0 spiro atoms. The van der Waals surface area contributed by atoms with Crippen molar-refractivity contribution in [1.29, 1.82) is 0 Å². The Morgan fingerprint density at radius 1 is 1.29 bits per heavy atom. The maximum absolute atomic E-state index is 11.4. The Balaban J connectivity index is 3.75. The summed E-state index contributed by atoms with van der Waals surface area (Å²) >= 11 is 0. The maximum atomic E-state index is 11.4. The highest BCUT2D eigenvalue weighted by Gasteiger charge is 2.17. The van der Waals surface area contributed by atoms with E-state index in [0.29, 0.717) is 19.4 Å². The van der Waals surface area contributed by atoms with Gasteiger partial charge in [-0.3, -0.25) is 9.59 Å². The highest BCUT2D eigenvalue weighted by Crippen LogP contribution is 2.06. The van der Waals surface area contributed by atoms with Crippen LogP contribution in [0.5, 0.6) is 0 Å². The maximum Gasteiger partial charge on any atom is 0.306 e. The normalized spacial score (nSPS) is 11.9. The number of hydrogen-bond donors (Lipinski definition) is 0. The number of unbranched alkanes of at least 4 members (excludes halogenated alkanes) is 2. The van der Waals surface area contributed by atoms with Gasteiger partial charge in [-0.05, 0) is 19.8 Å². The zero-order chi connectivity index (χ0) is 13.1. The quantitative estimate of drug-likeness (QED) is 0.335. The second-order valence-corrected chi connectivity index (χ2v) is 3.92. The first-order chi connectivity index (χ1) is 8.11. The van der Waals surface area contributed by atoms with Gasteiger partial charge in [0.15, 0.2) is 11.9 Å². The summed E-state index contributed by atoms with van der Waals surface area (Å²) in [7, 11) is 1.65. The van der Waals surface area contributed by atoms with Gasteiger partial charge >= 0.3 is 5.97 Å². The topological polar surface area (TPSA) is 52.6 Å². The van der Waals surface area contributed by atoms with E-state index < -0.39 is 6.10 Å². The molecule has 17 heavy (non-hydrogen) atoms. The van der Waals surface area contributed by atoms with E-state index in [9.17, 15) is 9.59 Å². The van der Waals surface area contributed by atoms with E-state index in [1.54, 1.807) is 13.2 Å². The number of Topliss-reactive ketones (excluding diaryl/α,β-unsaturated/α-hetero) is 1. The van der Waals surface area contributed by atoms with Gasteiger partial charge in [-0.2, -0.15) is 0 Å². The van der Waals surface area contributed by atoms with Gasteiger partial charge in [-0.15, -0.1) is 6.58 Å². The summed E-state index contributed by atoms with van der Waals surface area (Å²) in [5.74, 6) is -0.456. The monoisotopic (exact) mass is 242 g/mol. The number of methoxy groups -OCH3 is 1. The van der Waals surface area contributed by atoms with Crippen LogP contribution in [0.2, 0.25) is 0 Å². The largest absolute Gasteiger partial charge is 0.454 e. The minimum atomic E-state index is -0.668. The molecule has 98 valence electrons. The smallest absolute Gasteiger partial charge is 0.306 e. The Morgan fingerprint density at radius 3 is 2.53 bits per heavy atom. The lowest BCUT2D eigenvalue weighted by Crippen LogP contribution is -2.24. The Morgan fingerprint density at radius 2 is 2.00 bits per heavy atom. The fourth-order valence-corrected chi connectivity index (χ4v) is 1.36. The highest BCUT2D eigenvalue weighted by molar-refractivity contribution is 5.83. The number of carbonyl (C=O) groups excluding carboxylic acids is 2. The number of ketones is 1. The molecular weight excluding hydrogens is 220 g/mol. The Kier molecular flexibility index (Phi) is 9.34. The van der Waals surface area contributed by atoms with Gasteiger partial charge in [-0.25, -0.2) is 0 Å². The summed E-state index contributed by atoms with van der Waals surface area (Å²) in [4.78, 5) is 22.6. The van der Waals surface area contributed by atoms with Gasteiger partial charge in [0.1, 0.15) is 0 Å². The number of carbonyl (C=O) groups is 2. The van der Waals surface area contributed by atoms with Crippen LogP contribution >= 0.6 is 0 Å². The molecule has 0 bridgehead atoms. The Bertz CT molecular complexity index is 248. The van der Waals surface area contributed by atoms with Gasteiger partial charge < -0.3 is 9.47 Å². The van der Waals surface area contributed by atoms with Crippen molar-refractivity contribution < 1.29 is 19.1 Å². The van der Waals surface area contributed by atoms with Gasteiger partial charge in [0.05, 0.1) is 0 Å². The number of rotatable bonds is 10. The summed E-state index contributed by atoms with van der Waals surface area (Å²) in [6.45, 7) is 5.66. The van der Waals surface area contributed by atoms with E-state index in [1.807, 2.05) is 0 Å². The van der Waals surface area contributed by atoms with Gasteiger partial charge in [0, 0.05) is 26.6 Å². The summed E-state index contributed by atoms with van der Waals surface area (Å²) in [5, 5.41) is 0. The predicted molar refractivity (Wildman–Crippen MR) is 65.7 cm³/mol. The second-order valence-electron chi connectivity index (χ2n) is 3.92. The number of hydrogen-bond acceptors (Lipinski definition) is 4. The van der Waals surface area contributed by atoms with Crippen molar-refractivity contribution in [1.82, 2.24) is 0 Å². The van der Waals surface area contributed by atoms with Crippen LogP contribution in [0.3, 0.4) is 0 Å². The molecule has 0 amide bonds. The first kappa shape index (κ1) is 15.8. The molecule has 0 rings (SSSR count). The van der Waals surface area contributed by atoms with Gasteiger partial charge in [0.2, 0.25) is 0 Å². The van der Waals surface area contributed by atoms with Crippen LogP contribution in [0, 0.1) is 0 Å². The minimum absolute atomic E-state index is 0.141. The second kappa shape index (κ2) is 10.0. The van der Waals surface area contributed by atoms with Crippen molar-refractivity contribution in [3.05, 3.63) is 12.7 Å². The van der Waals surface area contributed by atoms with E-state index in [2.05, 4.69) is 6.58 Å². The fourth-order valence-electron chi connectivity index (χ4n) is 1.36. The van der Waals surface area contributed by atoms with Crippen molar-refractivity contribution >= 4 is 11.8 Å². The highest BCUT2D eigenvalue weighted by atomic mass is 16.5. The van der Waals surface area contributed by atoms with E-state index in [-0.39, 0.29) is 11.8 Å². The van der Waals surface area contributed by atoms with Crippen LogP contribution in [-0.4, -0.2) is 31.6 Å². The van der Waals surface area contributed by atoms with E-state index >= 15 is 0 Å². The third-order valence-electron chi connectivity index (χ3n) is 2.34. The Labute approximate surface area is 103 Å². The molecule has 0 saturated carbocycles. The average molecular weight is 242 g/mol. The number of ether oxygens (including phenoxy) is 2. The predicted octanol–water partition coefficient (Wildman–Crippen LogP) is 2.27. The molecule has 4 heteroatoms. The van der Waals surface area contributed by atoms with Crippen molar-refractivity contribution in [3.63, 3.8) is 0 Å². The fraction of sp³-hybridized carbons (Fsp3) is 0.692. The molecule has 0 N–H and O–H groups in total. The van der Waals surface area contributed by atoms with E-state index in [1.165, 1.54) is 6.92 Å². The van der Waals surface area contributed by atoms with Crippen molar-refractivity contribution in [2.24, 2.45) is 0 Å². The first-order valence-electron chi connectivity index (χ1n) is 5.91. The molecular formula is C13H22O4. The van der Waals surface area contributed by atoms with E-state index in [4.69, 9.17) is 9.47 Å². The molecule has 0 radical (unpaired) electrons. The molecule has 0 aromatic rings. The molecule has 0 aromatic heterocycles. The van der Waals surface area contributed by atoms with Crippen LogP contribution in [0.25, 0.3) is 0 Å².